The lowest BCUT2D eigenvalue weighted by Gasteiger charge is -2.09. The third kappa shape index (κ3) is 3.95. The van der Waals surface area contributed by atoms with Gasteiger partial charge in [0.2, 0.25) is 0 Å². The Balaban J connectivity index is 2.23. The minimum absolute atomic E-state index is 0.118. The lowest BCUT2D eigenvalue weighted by Crippen LogP contribution is -2.13. The van der Waals surface area contributed by atoms with Crippen LogP contribution in [0.15, 0.2) is 51.8 Å². The molecule has 2 aromatic carbocycles. The first kappa shape index (κ1) is 15.8. The van der Waals surface area contributed by atoms with Gasteiger partial charge in [0.15, 0.2) is 0 Å². The van der Waals surface area contributed by atoms with Crippen LogP contribution in [-0.2, 0) is 10.0 Å². The number of halogens is 2. The van der Waals surface area contributed by atoms with Gasteiger partial charge in [-0.25, -0.2) is 12.8 Å². The van der Waals surface area contributed by atoms with Crippen LogP contribution in [-0.4, -0.2) is 15.0 Å². The summed E-state index contributed by atoms with van der Waals surface area (Å²) >= 11 is 3.02. The Hall–Kier alpha value is -1.60. The van der Waals surface area contributed by atoms with Crippen molar-refractivity contribution in [3.63, 3.8) is 0 Å². The summed E-state index contributed by atoms with van der Waals surface area (Å²) in [5, 5.41) is 3.08. The van der Waals surface area contributed by atoms with Gasteiger partial charge in [0.05, 0.1) is 15.1 Å². The molecule has 2 aromatic rings. The van der Waals surface area contributed by atoms with Crippen molar-refractivity contribution in [1.82, 2.24) is 0 Å². The fourth-order valence-corrected chi connectivity index (χ4v) is 3.03. The van der Waals surface area contributed by atoms with Crippen LogP contribution in [0.4, 0.5) is 15.8 Å². The quantitative estimate of drug-likeness (QED) is 0.838. The van der Waals surface area contributed by atoms with E-state index in [2.05, 4.69) is 26.0 Å². The predicted octanol–water partition coefficient (Wildman–Crippen LogP) is 3.82. The average Bonchev–Trinajstić information content (AvgIpc) is 2.44. The van der Waals surface area contributed by atoms with E-state index in [0.717, 1.165) is 18.3 Å². The fourth-order valence-electron chi connectivity index (χ4n) is 1.73. The van der Waals surface area contributed by atoms with E-state index in [-0.39, 0.29) is 15.1 Å². The highest BCUT2D eigenvalue weighted by molar-refractivity contribution is 9.10. The molecule has 0 heterocycles. The summed E-state index contributed by atoms with van der Waals surface area (Å²) in [6.45, 7) is 2.71. The van der Waals surface area contributed by atoms with Crippen molar-refractivity contribution >= 4 is 37.3 Å². The molecule has 0 radical (unpaired) electrons. The first-order chi connectivity index (χ1) is 9.92. The van der Waals surface area contributed by atoms with E-state index in [1.165, 1.54) is 24.3 Å². The van der Waals surface area contributed by atoms with Crippen LogP contribution >= 0.6 is 15.9 Å². The molecule has 0 bridgehead atoms. The highest BCUT2D eigenvalue weighted by Crippen LogP contribution is 2.22. The Labute approximate surface area is 131 Å². The molecule has 4 nitrogen and oxygen atoms in total. The third-order valence-electron chi connectivity index (χ3n) is 2.72. The van der Waals surface area contributed by atoms with E-state index in [0.29, 0.717) is 0 Å². The van der Waals surface area contributed by atoms with Crippen molar-refractivity contribution in [3.05, 3.63) is 52.8 Å². The van der Waals surface area contributed by atoms with Gasteiger partial charge in [-0.3, -0.25) is 4.72 Å². The lowest BCUT2D eigenvalue weighted by atomic mass is 10.3. The highest BCUT2D eigenvalue weighted by atomic mass is 79.9. The van der Waals surface area contributed by atoms with Gasteiger partial charge in [-0.1, -0.05) is 0 Å². The zero-order valence-corrected chi connectivity index (χ0v) is 13.6. The highest BCUT2D eigenvalue weighted by Gasteiger charge is 2.14. The van der Waals surface area contributed by atoms with Crippen LogP contribution in [0, 0.1) is 5.82 Å². The van der Waals surface area contributed by atoms with Crippen LogP contribution in [0.1, 0.15) is 6.92 Å². The Morgan fingerprint density at radius 3 is 2.29 bits per heavy atom. The third-order valence-corrected chi connectivity index (χ3v) is 4.76. The Kier molecular flexibility index (Phi) is 4.84. The molecule has 0 saturated carbocycles. The van der Waals surface area contributed by atoms with Crippen molar-refractivity contribution in [2.75, 3.05) is 16.6 Å². The van der Waals surface area contributed by atoms with Crippen molar-refractivity contribution in [2.45, 2.75) is 11.8 Å². The topological polar surface area (TPSA) is 58.2 Å². The molecule has 0 amide bonds. The fraction of sp³-hybridized carbons (Fsp3) is 0.143. The second kappa shape index (κ2) is 6.44. The molecule has 0 saturated heterocycles. The molecular weight excluding hydrogens is 359 g/mol. The summed E-state index contributed by atoms with van der Waals surface area (Å²) in [7, 11) is -3.73. The molecule has 0 spiro atoms. The molecule has 0 aliphatic heterocycles. The summed E-state index contributed by atoms with van der Waals surface area (Å²) in [6.07, 6.45) is 0. The monoisotopic (exact) mass is 372 g/mol. The number of hydrogen-bond donors (Lipinski definition) is 2. The molecule has 0 aromatic heterocycles. The maximum Gasteiger partial charge on any atom is 0.261 e. The second-order valence-electron chi connectivity index (χ2n) is 4.29. The average molecular weight is 373 g/mol. The molecule has 0 atom stereocenters. The van der Waals surface area contributed by atoms with Gasteiger partial charge in [0.25, 0.3) is 10.0 Å². The van der Waals surface area contributed by atoms with Crippen LogP contribution in [0.2, 0.25) is 0 Å². The van der Waals surface area contributed by atoms with E-state index in [9.17, 15) is 12.8 Å². The summed E-state index contributed by atoms with van der Waals surface area (Å²) in [5.41, 5.74) is 1.01. The Morgan fingerprint density at radius 2 is 1.71 bits per heavy atom. The molecule has 2 N–H and O–H groups in total. The van der Waals surface area contributed by atoms with Crippen molar-refractivity contribution in [3.8, 4) is 0 Å². The van der Waals surface area contributed by atoms with Crippen molar-refractivity contribution in [1.29, 1.82) is 0 Å². The first-order valence-corrected chi connectivity index (χ1v) is 8.52. The number of anilines is 2. The molecule has 21 heavy (non-hydrogen) atoms. The van der Waals surface area contributed by atoms with Crippen LogP contribution in [0.5, 0.6) is 0 Å². The molecule has 0 unspecified atom stereocenters. The van der Waals surface area contributed by atoms with Crippen LogP contribution in [0.25, 0.3) is 0 Å². The Morgan fingerprint density at radius 1 is 1.10 bits per heavy atom. The smallest absolute Gasteiger partial charge is 0.261 e. The summed E-state index contributed by atoms with van der Waals surface area (Å²) < 4.78 is 40.4. The van der Waals surface area contributed by atoms with Crippen molar-refractivity contribution < 1.29 is 12.8 Å². The van der Waals surface area contributed by atoms with Crippen LogP contribution in [0.3, 0.4) is 0 Å². The maximum atomic E-state index is 13.4. The van der Waals surface area contributed by atoms with E-state index < -0.39 is 15.8 Å². The summed E-state index contributed by atoms with van der Waals surface area (Å²) in [5.74, 6) is -0.530. The zero-order valence-electron chi connectivity index (χ0n) is 11.2. The molecule has 0 fully saturated rings. The summed E-state index contributed by atoms with van der Waals surface area (Å²) in [6, 6.07) is 10.4. The van der Waals surface area contributed by atoms with Gasteiger partial charge in [0.1, 0.15) is 5.82 Å². The number of benzene rings is 2. The maximum absolute atomic E-state index is 13.4. The molecule has 2 rings (SSSR count). The SMILES string of the molecule is CCNc1ccc(S(=O)(=O)Nc2ccc(Br)c(F)c2)cc1. The molecule has 7 heteroatoms. The summed E-state index contributed by atoms with van der Waals surface area (Å²) in [4.78, 5) is 0.118. The normalized spacial score (nSPS) is 11.2. The van der Waals surface area contributed by atoms with Gasteiger partial charge >= 0.3 is 0 Å². The van der Waals surface area contributed by atoms with Crippen molar-refractivity contribution in [2.24, 2.45) is 0 Å². The molecule has 0 aliphatic carbocycles. The second-order valence-corrected chi connectivity index (χ2v) is 6.83. The van der Waals surface area contributed by atoms with Gasteiger partial charge in [-0.2, -0.15) is 0 Å². The minimum Gasteiger partial charge on any atom is -0.385 e. The molecule has 112 valence electrons. The zero-order chi connectivity index (χ0) is 15.5. The number of hydrogen-bond acceptors (Lipinski definition) is 3. The Bertz CT molecular complexity index is 733. The standard InChI is InChI=1S/C14H14BrFN2O2S/c1-2-17-10-3-6-12(7-4-10)21(19,20)18-11-5-8-13(15)14(16)9-11/h3-9,17-18H,2H2,1H3. The lowest BCUT2D eigenvalue weighted by molar-refractivity contribution is 0.601. The van der Waals surface area contributed by atoms with Gasteiger partial charge in [-0.15, -0.1) is 0 Å². The number of rotatable bonds is 5. The van der Waals surface area contributed by atoms with Gasteiger partial charge in [-0.05, 0) is 65.3 Å². The van der Waals surface area contributed by atoms with E-state index in [4.69, 9.17) is 0 Å². The van der Waals surface area contributed by atoms with E-state index >= 15 is 0 Å². The molecular formula is C14H14BrFN2O2S. The van der Waals surface area contributed by atoms with E-state index in [1.54, 1.807) is 12.1 Å². The number of sulfonamides is 1. The van der Waals surface area contributed by atoms with Gasteiger partial charge < -0.3 is 5.32 Å². The predicted molar refractivity (Wildman–Crippen MR) is 85.5 cm³/mol. The molecule has 0 aliphatic rings. The van der Waals surface area contributed by atoms with Gasteiger partial charge in [0, 0.05) is 12.2 Å². The minimum atomic E-state index is -3.73. The van der Waals surface area contributed by atoms with Crippen LogP contribution < -0.4 is 10.0 Å². The number of nitrogens with one attached hydrogen (secondary N) is 2. The largest absolute Gasteiger partial charge is 0.385 e. The van der Waals surface area contributed by atoms with E-state index in [1.807, 2.05) is 6.92 Å². The first-order valence-electron chi connectivity index (χ1n) is 6.24.